The highest BCUT2D eigenvalue weighted by atomic mass is 16.2. The maximum atomic E-state index is 11.4. The summed E-state index contributed by atoms with van der Waals surface area (Å²) in [6.45, 7) is 1.78. The van der Waals surface area contributed by atoms with E-state index in [1.165, 1.54) is 4.90 Å². The van der Waals surface area contributed by atoms with Gasteiger partial charge in [-0.05, 0) is 19.8 Å². The van der Waals surface area contributed by atoms with Crippen molar-refractivity contribution < 1.29 is 4.79 Å². The Bertz CT molecular complexity index is 245. The van der Waals surface area contributed by atoms with Gasteiger partial charge in [-0.2, -0.15) is 0 Å². The Hall–Kier alpha value is -1.26. The van der Waals surface area contributed by atoms with Crippen LogP contribution in [0.1, 0.15) is 19.8 Å². The third-order valence-electron chi connectivity index (χ3n) is 2.04. The maximum Gasteiger partial charge on any atom is 0.244 e. The fourth-order valence-corrected chi connectivity index (χ4v) is 1.11. The molecule has 5 nitrogen and oxygen atoms in total. The van der Waals surface area contributed by atoms with Crippen molar-refractivity contribution >= 4 is 11.9 Å². The molecule has 0 saturated heterocycles. The molecule has 0 aromatic carbocycles. The van der Waals surface area contributed by atoms with Crippen molar-refractivity contribution in [3.63, 3.8) is 0 Å². The second-order valence-electron chi connectivity index (χ2n) is 3.84. The van der Waals surface area contributed by atoms with Crippen LogP contribution in [0.2, 0.25) is 0 Å². The van der Waals surface area contributed by atoms with E-state index in [9.17, 15) is 4.79 Å². The number of nitrogens with one attached hydrogen (secondary N) is 1. The number of carbonyl (C=O) groups excluding carboxylic acids is 1. The molecule has 0 aromatic rings. The minimum Gasteiger partial charge on any atom is -0.370 e. The average molecular weight is 198 g/mol. The average Bonchev–Trinajstić information content (AvgIpc) is 2.86. The molecule has 80 valence electrons. The molecule has 0 aromatic heterocycles. The maximum absolute atomic E-state index is 11.4. The molecule has 0 radical (unpaired) electrons. The first-order chi connectivity index (χ1) is 6.50. The van der Waals surface area contributed by atoms with Crippen molar-refractivity contribution in [2.45, 2.75) is 31.8 Å². The van der Waals surface area contributed by atoms with E-state index >= 15 is 0 Å². The zero-order valence-corrected chi connectivity index (χ0v) is 8.95. The summed E-state index contributed by atoms with van der Waals surface area (Å²) in [5.74, 6) is 0.370. The minimum absolute atomic E-state index is 0.000975. The zero-order chi connectivity index (χ0) is 10.7. The minimum atomic E-state index is -0.313. The van der Waals surface area contributed by atoms with Crippen molar-refractivity contribution in [2.75, 3.05) is 14.1 Å². The number of likely N-dealkylation sites (N-methyl/N-ethyl adjacent to an activating group) is 1. The molecular weight excluding hydrogens is 180 g/mol. The molecule has 0 spiro atoms. The molecule has 3 N–H and O–H groups in total. The van der Waals surface area contributed by atoms with Crippen LogP contribution < -0.4 is 11.1 Å². The van der Waals surface area contributed by atoms with Crippen LogP contribution >= 0.6 is 0 Å². The number of rotatable bonds is 3. The molecular formula is C9H18N4O. The fourth-order valence-electron chi connectivity index (χ4n) is 1.11. The molecule has 14 heavy (non-hydrogen) atoms. The molecule has 1 aliphatic rings. The first-order valence-electron chi connectivity index (χ1n) is 4.81. The van der Waals surface area contributed by atoms with E-state index in [2.05, 4.69) is 10.3 Å². The SMILES string of the molecule is CC(NC(N)=NC1CC1)C(=O)N(C)C. The highest BCUT2D eigenvalue weighted by molar-refractivity contribution is 5.87. The van der Waals surface area contributed by atoms with Crippen LogP contribution in [-0.2, 0) is 4.79 Å². The van der Waals surface area contributed by atoms with Crippen molar-refractivity contribution in [2.24, 2.45) is 10.7 Å². The molecule has 0 aliphatic heterocycles. The van der Waals surface area contributed by atoms with Gasteiger partial charge in [0.15, 0.2) is 5.96 Å². The molecule has 1 atom stereocenters. The quantitative estimate of drug-likeness (QED) is 0.476. The van der Waals surface area contributed by atoms with Gasteiger partial charge < -0.3 is 16.0 Å². The van der Waals surface area contributed by atoms with E-state index < -0.39 is 0 Å². The summed E-state index contributed by atoms with van der Waals surface area (Å²) in [5, 5.41) is 2.87. The number of hydrogen-bond acceptors (Lipinski definition) is 2. The number of aliphatic imine (C=N–C) groups is 1. The van der Waals surface area contributed by atoms with Gasteiger partial charge in [-0.25, -0.2) is 0 Å². The van der Waals surface area contributed by atoms with E-state index in [1.807, 2.05) is 0 Å². The summed E-state index contributed by atoms with van der Waals surface area (Å²) < 4.78 is 0. The Morgan fingerprint density at radius 1 is 1.57 bits per heavy atom. The van der Waals surface area contributed by atoms with Crippen LogP contribution in [0, 0.1) is 0 Å². The first kappa shape index (κ1) is 10.8. The summed E-state index contributed by atoms with van der Waals surface area (Å²) >= 11 is 0. The highest BCUT2D eigenvalue weighted by Crippen LogP contribution is 2.22. The van der Waals surface area contributed by atoms with E-state index in [0.29, 0.717) is 12.0 Å². The first-order valence-corrected chi connectivity index (χ1v) is 4.81. The third-order valence-corrected chi connectivity index (χ3v) is 2.04. The summed E-state index contributed by atoms with van der Waals surface area (Å²) in [5.41, 5.74) is 5.62. The lowest BCUT2D eigenvalue weighted by molar-refractivity contribution is -0.130. The van der Waals surface area contributed by atoms with Crippen LogP contribution in [-0.4, -0.2) is 42.9 Å². The van der Waals surface area contributed by atoms with Crippen LogP contribution in [0.5, 0.6) is 0 Å². The normalized spacial score (nSPS) is 18.9. The Morgan fingerprint density at radius 3 is 2.57 bits per heavy atom. The molecule has 1 rings (SSSR count). The summed E-state index contributed by atoms with van der Waals surface area (Å²) in [6.07, 6.45) is 2.22. The van der Waals surface area contributed by atoms with Gasteiger partial charge in [0.1, 0.15) is 6.04 Å². The second kappa shape index (κ2) is 4.30. The van der Waals surface area contributed by atoms with Crippen LogP contribution in [0.4, 0.5) is 0 Å². The van der Waals surface area contributed by atoms with Crippen molar-refractivity contribution in [1.82, 2.24) is 10.2 Å². The van der Waals surface area contributed by atoms with Gasteiger partial charge in [-0.1, -0.05) is 0 Å². The molecule has 0 bridgehead atoms. The number of hydrogen-bond donors (Lipinski definition) is 2. The van der Waals surface area contributed by atoms with Crippen LogP contribution in [0.25, 0.3) is 0 Å². The van der Waals surface area contributed by atoms with E-state index in [4.69, 9.17) is 5.73 Å². The van der Waals surface area contributed by atoms with Crippen molar-refractivity contribution in [3.8, 4) is 0 Å². The zero-order valence-electron chi connectivity index (χ0n) is 8.95. The van der Waals surface area contributed by atoms with Gasteiger partial charge >= 0.3 is 0 Å². The molecule has 1 saturated carbocycles. The van der Waals surface area contributed by atoms with E-state index in [1.54, 1.807) is 21.0 Å². The molecule has 0 heterocycles. The molecule has 1 aliphatic carbocycles. The largest absolute Gasteiger partial charge is 0.370 e. The molecule has 1 amide bonds. The van der Waals surface area contributed by atoms with Gasteiger partial charge in [0, 0.05) is 14.1 Å². The van der Waals surface area contributed by atoms with Gasteiger partial charge in [0.2, 0.25) is 5.91 Å². The standard InChI is InChI=1S/C9H18N4O/c1-6(8(14)13(2)3)11-9(10)12-7-4-5-7/h6-7H,4-5H2,1-3H3,(H3,10,11,12). The van der Waals surface area contributed by atoms with E-state index in [-0.39, 0.29) is 11.9 Å². The van der Waals surface area contributed by atoms with Gasteiger partial charge in [0.05, 0.1) is 6.04 Å². The lowest BCUT2D eigenvalue weighted by Gasteiger charge is -2.18. The Balaban J connectivity index is 2.38. The van der Waals surface area contributed by atoms with Crippen molar-refractivity contribution in [3.05, 3.63) is 0 Å². The second-order valence-corrected chi connectivity index (χ2v) is 3.84. The Morgan fingerprint density at radius 2 is 2.14 bits per heavy atom. The molecule has 5 heteroatoms. The lowest BCUT2D eigenvalue weighted by atomic mass is 10.3. The summed E-state index contributed by atoms with van der Waals surface area (Å²) in [7, 11) is 3.43. The Labute approximate surface area is 84.4 Å². The molecule has 1 fully saturated rings. The number of nitrogens with two attached hydrogens (primary N) is 1. The predicted octanol–water partition coefficient (Wildman–Crippen LogP) is -0.470. The van der Waals surface area contributed by atoms with Crippen LogP contribution in [0.3, 0.4) is 0 Å². The van der Waals surface area contributed by atoms with Crippen molar-refractivity contribution in [1.29, 1.82) is 0 Å². The van der Waals surface area contributed by atoms with Gasteiger partial charge in [-0.15, -0.1) is 0 Å². The van der Waals surface area contributed by atoms with Crippen LogP contribution in [0.15, 0.2) is 4.99 Å². The molecule has 1 unspecified atom stereocenters. The fraction of sp³-hybridized carbons (Fsp3) is 0.778. The highest BCUT2D eigenvalue weighted by Gasteiger charge is 2.21. The topological polar surface area (TPSA) is 70.7 Å². The van der Waals surface area contributed by atoms with E-state index in [0.717, 1.165) is 12.8 Å². The number of amides is 1. The third kappa shape index (κ3) is 3.24. The number of nitrogens with zero attached hydrogens (tertiary/aromatic N) is 2. The smallest absolute Gasteiger partial charge is 0.244 e. The lowest BCUT2D eigenvalue weighted by Crippen LogP contribution is -2.47. The number of carbonyl (C=O) groups is 1. The predicted molar refractivity (Wildman–Crippen MR) is 55.9 cm³/mol. The van der Waals surface area contributed by atoms with Gasteiger partial charge in [0.25, 0.3) is 0 Å². The Kier molecular flexibility index (Phi) is 3.33. The number of guanidine groups is 1. The monoisotopic (exact) mass is 198 g/mol. The summed E-state index contributed by atoms with van der Waals surface area (Å²) in [4.78, 5) is 17.1. The summed E-state index contributed by atoms with van der Waals surface area (Å²) in [6, 6.07) is 0.0664. The van der Waals surface area contributed by atoms with Gasteiger partial charge in [-0.3, -0.25) is 9.79 Å².